The molecule has 0 aliphatic heterocycles. The zero-order valence-corrected chi connectivity index (χ0v) is 14.9. The quantitative estimate of drug-likeness (QED) is 0.446. The Hall–Kier alpha value is -2.30. The zero-order valence-electron chi connectivity index (χ0n) is 12.6. The molecule has 0 amide bonds. The molecule has 1 heterocycles. The lowest BCUT2D eigenvalue weighted by atomic mass is 10.2. The van der Waals surface area contributed by atoms with Crippen LogP contribution in [0.25, 0.3) is 16.6 Å². The normalized spacial score (nSPS) is 10.9. The summed E-state index contributed by atoms with van der Waals surface area (Å²) in [4.78, 5) is 0. The van der Waals surface area contributed by atoms with E-state index >= 15 is 0 Å². The van der Waals surface area contributed by atoms with Gasteiger partial charge in [0.2, 0.25) is 0 Å². The number of para-hydroxylation sites is 2. The van der Waals surface area contributed by atoms with Gasteiger partial charge < -0.3 is 5.32 Å². The first-order valence-electron chi connectivity index (χ1n) is 7.47. The number of hydrogen-bond acceptors (Lipinski definition) is 2. The molecule has 1 N–H and O–H groups in total. The van der Waals surface area contributed by atoms with Gasteiger partial charge in [-0.15, -0.1) is 5.10 Å². The van der Waals surface area contributed by atoms with Gasteiger partial charge in [-0.3, -0.25) is 0 Å². The molecule has 3 nitrogen and oxygen atoms in total. The van der Waals surface area contributed by atoms with Crippen LogP contribution in [-0.4, -0.2) is 9.78 Å². The molecule has 0 fully saturated rings. The smallest absolute Gasteiger partial charge is 0.160 e. The van der Waals surface area contributed by atoms with Crippen LogP contribution in [0.15, 0.2) is 77.3 Å². The number of halogens is 2. The van der Waals surface area contributed by atoms with Gasteiger partial charge in [0, 0.05) is 15.5 Å². The summed E-state index contributed by atoms with van der Waals surface area (Å²) in [6, 6.07) is 23.9. The summed E-state index contributed by atoms with van der Waals surface area (Å²) >= 11 is 9.81. The van der Waals surface area contributed by atoms with Crippen LogP contribution in [0.2, 0.25) is 5.02 Å². The number of anilines is 2. The van der Waals surface area contributed by atoms with Crippen LogP contribution in [0.5, 0.6) is 0 Å². The Morgan fingerprint density at radius 1 is 0.917 bits per heavy atom. The van der Waals surface area contributed by atoms with Gasteiger partial charge in [-0.2, -0.15) is 0 Å². The minimum Gasteiger partial charge on any atom is -0.338 e. The molecule has 0 aliphatic rings. The molecule has 4 aromatic rings. The van der Waals surface area contributed by atoms with Crippen LogP contribution in [0.4, 0.5) is 11.5 Å². The molecule has 118 valence electrons. The summed E-state index contributed by atoms with van der Waals surface area (Å²) in [6.07, 6.45) is 0. The van der Waals surface area contributed by atoms with Crippen molar-refractivity contribution in [3.05, 3.63) is 82.3 Å². The van der Waals surface area contributed by atoms with Gasteiger partial charge in [-0.05, 0) is 52.3 Å². The fourth-order valence-corrected chi connectivity index (χ4v) is 3.13. The molecule has 0 aliphatic carbocycles. The first-order chi connectivity index (χ1) is 11.7. The molecule has 0 spiro atoms. The highest BCUT2D eigenvalue weighted by Crippen LogP contribution is 2.34. The van der Waals surface area contributed by atoms with Crippen molar-refractivity contribution in [2.24, 2.45) is 0 Å². The van der Waals surface area contributed by atoms with Crippen molar-refractivity contribution in [3.8, 4) is 5.69 Å². The second-order valence-corrected chi connectivity index (χ2v) is 6.63. The van der Waals surface area contributed by atoms with Crippen molar-refractivity contribution in [3.63, 3.8) is 0 Å². The number of nitrogens with one attached hydrogen (secondary N) is 1. The number of rotatable bonds is 3. The van der Waals surface area contributed by atoms with E-state index in [1.807, 2.05) is 77.5 Å². The molecule has 5 heteroatoms. The highest BCUT2D eigenvalue weighted by Gasteiger charge is 2.14. The number of hydrogen-bond donors (Lipinski definition) is 1. The third-order valence-electron chi connectivity index (χ3n) is 3.76. The van der Waals surface area contributed by atoms with E-state index in [4.69, 9.17) is 16.7 Å². The van der Waals surface area contributed by atoms with E-state index < -0.39 is 0 Å². The van der Waals surface area contributed by atoms with Crippen LogP contribution < -0.4 is 5.32 Å². The Kier molecular flexibility index (Phi) is 4.00. The molecule has 3 aromatic carbocycles. The van der Waals surface area contributed by atoms with E-state index in [-0.39, 0.29) is 0 Å². The molecule has 0 atom stereocenters. The summed E-state index contributed by atoms with van der Waals surface area (Å²) in [5.74, 6) is 0.789. The van der Waals surface area contributed by atoms with Crippen LogP contribution in [0, 0.1) is 0 Å². The number of benzene rings is 3. The lowest BCUT2D eigenvalue weighted by Crippen LogP contribution is -1.97. The molecular formula is C19H13BrClN3. The highest BCUT2D eigenvalue weighted by molar-refractivity contribution is 9.10. The molecule has 0 bridgehead atoms. The van der Waals surface area contributed by atoms with E-state index in [2.05, 4.69) is 21.2 Å². The standard InChI is InChI=1S/C19H13BrClN3/c20-16-11-15-18(12-17(16)21)24(14-9-5-2-6-10-14)23-19(15)22-13-7-3-1-4-8-13/h1-12H,(H,22,23). The van der Waals surface area contributed by atoms with Crippen molar-refractivity contribution in [1.29, 1.82) is 0 Å². The maximum absolute atomic E-state index is 6.31. The maximum Gasteiger partial charge on any atom is 0.160 e. The van der Waals surface area contributed by atoms with E-state index in [1.165, 1.54) is 0 Å². The first kappa shape index (κ1) is 15.2. The van der Waals surface area contributed by atoms with E-state index in [1.54, 1.807) is 0 Å². The minimum absolute atomic E-state index is 0.658. The van der Waals surface area contributed by atoms with Gasteiger partial charge >= 0.3 is 0 Å². The van der Waals surface area contributed by atoms with Crippen molar-refractivity contribution in [2.45, 2.75) is 0 Å². The van der Waals surface area contributed by atoms with Gasteiger partial charge in [0.15, 0.2) is 5.82 Å². The second kappa shape index (κ2) is 6.30. The average Bonchev–Trinajstić information content (AvgIpc) is 2.95. The van der Waals surface area contributed by atoms with Crippen LogP contribution in [0.1, 0.15) is 0 Å². The summed E-state index contributed by atoms with van der Waals surface area (Å²) in [5, 5.41) is 9.81. The van der Waals surface area contributed by atoms with E-state index in [0.29, 0.717) is 5.02 Å². The highest BCUT2D eigenvalue weighted by atomic mass is 79.9. The summed E-state index contributed by atoms with van der Waals surface area (Å²) in [7, 11) is 0. The van der Waals surface area contributed by atoms with Crippen molar-refractivity contribution >= 4 is 49.9 Å². The monoisotopic (exact) mass is 397 g/mol. The van der Waals surface area contributed by atoms with Gasteiger partial charge in [0.05, 0.1) is 16.2 Å². The summed E-state index contributed by atoms with van der Waals surface area (Å²) < 4.78 is 2.75. The lowest BCUT2D eigenvalue weighted by molar-refractivity contribution is 0.915. The molecule has 24 heavy (non-hydrogen) atoms. The first-order valence-corrected chi connectivity index (χ1v) is 8.65. The molecule has 1 aromatic heterocycles. The minimum atomic E-state index is 0.658. The maximum atomic E-state index is 6.31. The van der Waals surface area contributed by atoms with E-state index in [0.717, 1.165) is 32.6 Å². The Morgan fingerprint density at radius 2 is 1.58 bits per heavy atom. The molecule has 0 saturated carbocycles. The Bertz CT molecular complexity index is 997. The molecular weight excluding hydrogens is 386 g/mol. The molecule has 0 unspecified atom stereocenters. The topological polar surface area (TPSA) is 29.9 Å². The fraction of sp³-hybridized carbons (Fsp3) is 0. The fourth-order valence-electron chi connectivity index (χ4n) is 2.63. The van der Waals surface area contributed by atoms with Gasteiger partial charge in [-0.25, -0.2) is 4.68 Å². The molecule has 0 saturated heterocycles. The predicted octanol–water partition coefficient (Wildman–Crippen LogP) is 6.19. The summed E-state index contributed by atoms with van der Waals surface area (Å²) in [5.41, 5.74) is 2.93. The SMILES string of the molecule is Clc1cc2c(cc1Br)c(Nc1ccccc1)nn2-c1ccccc1. The third kappa shape index (κ3) is 2.79. The van der Waals surface area contributed by atoms with Crippen LogP contribution in [-0.2, 0) is 0 Å². The Balaban J connectivity index is 1.92. The van der Waals surface area contributed by atoms with Gasteiger partial charge in [-0.1, -0.05) is 48.0 Å². The average molecular weight is 399 g/mol. The Morgan fingerprint density at radius 3 is 2.29 bits per heavy atom. The molecule has 0 radical (unpaired) electrons. The second-order valence-electron chi connectivity index (χ2n) is 5.37. The largest absolute Gasteiger partial charge is 0.338 e. The third-order valence-corrected chi connectivity index (χ3v) is 4.96. The molecule has 4 rings (SSSR count). The van der Waals surface area contributed by atoms with Crippen LogP contribution in [0.3, 0.4) is 0 Å². The van der Waals surface area contributed by atoms with Crippen LogP contribution >= 0.6 is 27.5 Å². The van der Waals surface area contributed by atoms with Gasteiger partial charge in [0.25, 0.3) is 0 Å². The van der Waals surface area contributed by atoms with Crippen molar-refractivity contribution in [1.82, 2.24) is 9.78 Å². The van der Waals surface area contributed by atoms with Gasteiger partial charge in [0.1, 0.15) is 0 Å². The van der Waals surface area contributed by atoms with Crippen molar-refractivity contribution < 1.29 is 0 Å². The summed E-state index contributed by atoms with van der Waals surface area (Å²) in [6.45, 7) is 0. The van der Waals surface area contributed by atoms with E-state index in [9.17, 15) is 0 Å². The number of fused-ring (bicyclic) bond motifs is 1. The predicted molar refractivity (Wildman–Crippen MR) is 104 cm³/mol. The Labute approximate surface area is 153 Å². The number of nitrogens with zero attached hydrogens (tertiary/aromatic N) is 2. The zero-order chi connectivity index (χ0) is 16.5. The number of aromatic nitrogens is 2. The van der Waals surface area contributed by atoms with Crippen molar-refractivity contribution in [2.75, 3.05) is 5.32 Å². The lowest BCUT2D eigenvalue weighted by Gasteiger charge is -2.03.